The van der Waals surface area contributed by atoms with Gasteiger partial charge in [-0.25, -0.2) is 14.2 Å². The van der Waals surface area contributed by atoms with Gasteiger partial charge < -0.3 is 28.9 Å². The van der Waals surface area contributed by atoms with E-state index in [2.05, 4.69) is 4.90 Å². The smallest absolute Gasteiger partial charge is 0.337 e. The molecule has 2 aromatic heterocycles. The molecule has 0 bridgehead atoms. The highest BCUT2D eigenvalue weighted by Crippen LogP contribution is 2.45. The van der Waals surface area contributed by atoms with Crippen LogP contribution >= 0.6 is 0 Å². The minimum Gasteiger partial charge on any atom is -0.490 e. The van der Waals surface area contributed by atoms with Crippen LogP contribution in [0.1, 0.15) is 98.3 Å². The third-order valence-corrected chi connectivity index (χ3v) is 9.94. The van der Waals surface area contributed by atoms with Gasteiger partial charge in [-0.3, -0.25) is 4.79 Å². The van der Waals surface area contributed by atoms with Crippen LogP contribution in [0.5, 0.6) is 5.75 Å². The Labute approximate surface area is 270 Å². The SMILES string of the molecule is Cc1nc2c(cc(C(=O)N3CCC(N4CCCCC4)CC3)n2C)c(-c2cc(F)c3c(c2C)CCCO3)c1[C@H](OC(C)(C)C)C(=O)O. The number of carbonyl (C=O) groups excluding carboxylic acids is 1. The number of aliphatic carboxylic acids is 1. The van der Waals surface area contributed by atoms with Gasteiger partial charge in [-0.15, -0.1) is 0 Å². The molecule has 3 aliphatic rings. The molecule has 9 nitrogen and oxygen atoms in total. The van der Waals surface area contributed by atoms with Gasteiger partial charge in [0.2, 0.25) is 0 Å². The monoisotopic (exact) mass is 634 g/mol. The minimum absolute atomic E-state index is 0.0785. The number of pyridine rings is 1. The number of carboxylic acids is 1. The lowest BCUT2D eigenvalue weighted by Crippen LogP contribution is -2.48. The number of benzene rings is 1. The molecule has 0 saturated carbocycles. The van der Waals surface area contributed by atoms with Gasteiger partial charge in [-0.1, -0.05) is 6.42 Å². The molecule has 0 radical (unpaired) electrons. The predicted molar refractivity (Wildman–Crippen MR) is 175 cm³/mol. The number of rotatable bonds is 6. The second-order valence-electron chi connectivity index (χ2n) is 14.2. The molecule has 248 valence electrons. The second kappa shape index (κ2) is 12.6. The summed E-state index contributed by atoms with van der Waals surface area (Å²) in [5.41, 5.74) is 3.73. The standard InChI is InChI=1S/C36H47FN4O5/c1-21-24-11-10-18-45-31(24)27(37)19-25(21)30-26-20-28(34(42)41-16-12-23(13-17-41)40-14-8-7-9-15-40)39(6)33(26)38-22(2)29(30)32(35(43)44)46-36(3,4)5/h19-20,23,32H,7-18H2,1-6H3,(H,43,44)/t32-/m0/s1. The van der Waals surface area contributed by atoms with Gasteiger partial charge in [0.05, 0.1) is 12.2 Å². The van der Waals surface area contributed by atoms with Gasteiger partial charge in [0.1, 0.15) is 11.3 Å². The van der Waals surface area contributed by atoms with Crippen LogP contribution in [0, 0.1) is 19.7 Å². The van der Waals surface area contributed by atoms with Crippen molar-refractivity contribution in [1.82, 2.24) is 19.4 Å². The van der Waals surface area contributed by atoms with Gasteiger partial charge in [0.15, 0.2) is 17.7 Å². The van der Waals surface area contributed by atoms with E-state index in [9.17, 15) is 14.7 Å². The average Bonchev–Trinajstić information content (AvgIpc) is 3.36. The Morgan fingerprint density at radius 3 is 2.41 bits per heavy atom. The average molecular weight is 635 g/mol. The zero-order valence-corrected chi connectivity index (χ0v) is 28.0. The lowest BCUT2D eigenvalue weighted by molar-refractivity contribution is -0.160. The molecule has 10 heteroatoms. The molecule has 3 aromatic rings. The van der Waals surface area contributed by atoms with E-state index in [0.29, 0.717) is 71.3 Å². The molecular formula is C36H47FN4O5. The van der Waals surface area contributed by atoms with Crippen LogP contribution in [0.15, 0.2) is 12.1 Å². The number of aromatic nitrogens is 2. The van der Waals surface area contributed by atoms with Crippen LogP contribution in [0.2, 0.25) is 0 Å². The van der Waals surface area contributed by atoms with Crippen LogP contribution in [0.3, 0.4) is 0 Å². The molecule has 5 heterocycles. The maximum atomic E-state index is 15.7. The normalized spacial score (nSPS) is 18.8. The summed E-state index contributed by atoms with van der Waals surface area (Å²) in [6.45, 7) is 13.2. The Kier molecular flexibility index (Phi) is 8.89. The Balaban J connectivity index is 1.48. The minimum atomic E-state index is -1.37. The molecule has 46 heavy (non-hydrogen) atoms. The summed E-state index contributed by atoms with van der Waals surface area (Å²) >= 11 is 0. The summed E-state index contributed by atoms with van der Waals surface area (Å²) in [6, 6.07) is 3.76. The Hall–Kier alpha value is -3.50. The van der Waals surface area contributed by atoms with Crippen molar-refractivity contribution in [2.45, 2.75) is 97.3 Å². The van der Waals surface area contributed by atoms with Crippen LogP contribution in [0.4, 0.5) is 4.39 Å². The fourth-order valence-electron chi connectivity index (χ4n) is 7.66. The van der Waals surface area contributed by atoms with E-state index in [0.717, 1.165) is 43.5 Å². The van der Waals surface area contributed by atoms with Crippen molar-refractivity contribution in [1.29, 1.82) is 0 Å². The fraction of sp³-hybridized carbons (Fsp3) is 0.583. The van der Waals surface area contributed by atoms with Crippen LogP contribution in [-0.2, 0) is 23.0 Å². The molecule has 0 unspecified atom stereocenters. The number of hydrogen-bond acceptors (Lipinski definition) is 6. The molecule has 1 aromatic carbocycles. The van der Waals surface area contributed by atoms with Crippen molar-refractivity contribution in [3.8, 4) is 16.9 Å². The zero-order valence-electron chi connectivity index (χ0n) is 28.0. The van der Waals surface area contributed by atoms with Crippen molar-refractivity contribution in [2.24, 2.45) is 7.05 Å². The zero-order chi connectivity index (χ0) is 32.9. The highest BCUT2D eigenvalue weighted by Gasteiger charge is 2.36. The molecule has 0 aliphatic carbocycles. The van der Waals surface area contributed by atoms with Crippen molar-refractivity contribution < 1.29 is 28.6 Å². The highest BCUT2D eigenvalue weighted by atomic mass is 19.1. The number of fused-ring (bicyclic) bond motifs is 2. The molecule has 6 rings (SSSR count). The third kappa shape index (κ3) is 6.01. The summed E-state index contributed by atoms with van der Waals surface area (Å²) in [4.78, 5) is 36.3. The van der Waals surface area contributed by atoms with E-state index in [-0.39, 0.29) is 11.7 Å². The summed E-state index contributed by atoms with van der Waals surface area (Å²) < 4.78 is 29.4. The lowest BCUT2D eigenvalue weighted by Gasteiger charge is -2.40. The number of amides is 1. The van der Waals surface area contributed by atoms with Gasteiger partial charge in [0.25, 0.3) is 5.91 Å². The van der Waals surface area contributed by atoms with Crippen LogP contribution in [0.25, 0.3) is 22.2 Å². The van der Waals surface area contributed by atoms with Gasteiger partial charge in [-0.2, -0.15) is 0 Å². The van der Waals surface area contributed by atoms with E-state index >= 15 is 4.39 Å². The maximum Gasteiger partial charge on any atom is 0.337 e. The quantitative estimate of drug-likeness (QED) is 0.338. The first-order valence-electron chi connectivity index (χ1n) is 16.7. The number of aryl methyl sites for hydroxylation is 2. The van der Waals surface area contributed by atoms with Gasteiger partial charge in [0, 0.05) is 53.9 Å². The molecule has 2 fully saturated rings. The molecule has 1 N–H and O–H groups in total. The van der Waals surface area contributed by atoms with Crippen molar-refractivity contribution in [2.75, 3.05) is 32.8 Å². The van der Waals surface area contributed by atoms with Crippen LogP contribution in [-0.4, -0.2) is 80.8 Å². The van der Waals surface area contributed by atoms with Crippen molar-refractivity contribution >= 4 is 22.9 Å². The predicted octanol–water partition coefficient (Wildman–Crippen LogP) is 6.35. The van der Waals surface area contributed by atoms with E-state index < -0.39 is 23.5 Å². The Morgan fingerprint density at radius 2 is 1.76 bits per heavy atom. The highest BCUT2D eigenvalue weighted by molar-refractivity contribution is 6.04. The number of ether oxygens (including phenoxy) is 2. The third-order valence-electron chi connectivity index (χ3n) is 9.94. The molecule has 1 atom stereocenters. The van der Waals surface area contributed by atoms with Gasteiger partial charge >= 0.3 is 5.97 Å². The first kappa shape index (κ1) is 32.4. The first-order valence-corrected chi connectivity index (χ1v) is 16.7. The maximum absolute atomic E-state index is 15.7. The molecule has 1 amide bonds. The summed E-state index contributed by atoms with van der Waals surface area (Å²) in [7, 11) is 1.82. The number of halogens is 1. The van der Waals surface area contributed by atoms with E-state index in [1.807, 2.05) is 24.9 Å². The summed E-state index contributed by atoms with van der Waals surface area (Å²) in [5, 5.41) is 11.1. The Bertz CT molecular complexity index is 1660. The van der Waals surface area contributed by atoms with E-state index in [1.54, 1.807) is 32.3 Å². The Morgan fingerprint density at radius 1 is 1.07 bits per heavy atom. The lowest BCUT2D eigenvalue weighted by atomic mass is 9.86. The number of nitrogens with zero attached hydrogens (tertiary/aromatic N) is 4. The molecule has 3 aliphatic heterocycles. The number of carboxylic acid groups (broad SMARTS) is 1. The number of hydrogen-bond donors (Lipinski definition) is 1. The topological polar surface area (TPSA) is 97.1 Å². The van der Waals surface area contributed by atoms with Crippen molar-refractivity contribution in [3.05, 3.63) is 46.0 Å². The molecular weight excluding hydrogens is 587 g/mol. The molecule has 0 spiro atoms. The largest absolute Gasteiger partial charge is 0.490 e. The van der Waals surface area contributed by atoms with Crippen LogP contribution < -0.4 is 4.74 Å². The van der Waals surface area contributed by atoms with Gasteiger partial charge in [-0.05, 0) is 109 Å². The summed E-state index contributed by atoms with van der Waals surface area (Å²) in [5.74, 6) is -1.47. The number of carbonyl (C=O) groups is 2. The first-order chi connectivity index (χ1) is 21.9. The van der Waals surface area contributed by atoms with E-state index in [1.165, 1.54) is 25.3 Å². The van der Waals surface area contributed by atoms with Crippen molar-refractivity contribution in [3.63, 3.8) is 0 Å². The second-order valence-corrected chi connectivity index (χ2v) is 14.2. The number of piperidine rings is 2. The van der Waals surface area contributed by atoms with E-state index in [4.69, 9.17) is 14.5 Å². The summed E-state index contributed by atoms with van der Waals surface area (Å²) in [6.07, 6.45) is 5.73. The number of likely N-dealkylation sites (tertiary alicyclic amines) is 2. The fourth-order valence-corrected chi connectivity index (χ4v) is 7.66. The molecule has 2 saturated heterocycles.